The molecule has 2 aromatic rings. The maximum absolute atomic E-state index is 7.38. The van der Waals surface area contributed by atoms with Crippen LogP contribution in [0.15, 0.2) is 6.33 Å². The van der Waals surface area contributed by atoms with Crippen LogP contribution in [-0.4, -0.2) is 26.7 Å². The zero-order valence-corrected chi connectivity index (χ0v) is 6.90. The highest BCUT2D eigenvalue weighted by molar-refractivity contribution is 5.75. The molecule has 0 atom stereocenters. The van der Waals surface area contributed by atoms with Gasteiger partial charge in [-0.15, -0.1) is 0 Å². The van der Waals surface area contributed by atoms with Crippen LogP contribution in [0, 0.1) is 5.41 Å². The van der Waals surface area contributed by atoms with Crippen LogP contribution in [0.2, 0.25) is 0 Å². The van der Waals surface area contributed by atoms with Crippen LogP contribution in [0.1, 0.15) is 0 Å². The van der Waals surface area contributed by atoms with Gasteiger partial charge in [0.2, 0.25) is 11.5 Å². The number of aromatic amines is 1. The summed E-state index contributed by atoms with van der Waals surface area (Å²) in [5.74, 6) is 5.83. The van der Waals surface area contributed by atoms with E-state index in [1.54, 1.807) is 0 Å². The first-order chi connectivity index (χ1) is 6.24. The van der Waals surface area contributed by atoms with Gasteiger partial charge in [-0.05, 0) is 0 Å². The molecule has 0 aliphatic carbocycles. The number of nitrogens with one attached hydrogen (secondary N) is 2. The number of imidazole rings is 1. The summed E-state index contributed by atoms with van der Waals surface area (Å²) < 4.78 is 6.03. The zero-order valence-electron chi connectivity index (χ0n) is 6.90. The van der Waals surface area contributed by atoms with Crippen LogP contribution in [0.4, 0.5) is 0 Å². The molecule has 0 fully saturated rings. The predicted octanol–water partition coefficient (Wildman–Crippen LogP) is -1.04. The molecule has 0 aromatic carbocycles. The molecule has 0 spiro atoms. The molecule has 0 bridgehead atoms. The molecule has 0 radical (unpaired) electrons. The van der Waals surface area contributed by atoms with Crippen molar-refractivity contribution < 1.29 is 4.74 Å². The Bertz CT molecular complexity index is 497. The number of nitrogens with zero attached hydrogens (tertiary/aromatic N) is 3. The smallest absolute Gasteiger partial charge is 0.246 e. The maximum atomic E-state index is 7.38. The third-order valence-corrected chi connectivity index (χ3v) is 1.69. The highest BCUT2D eigenvalue weighted by Crippen LogP contribution is 2.14. The Morgan fingerprint density at radius 1 is 1.69 bits per heavy atom. The number of aromatic nitrogens is 4. The largest absolute Gasteiger partial charge is 0.479 e. The van der Waals surface area contributed by atoms with Crippen molar-refractivity contribution in [2.75, 3.05) is 13.0 Å². The van der Waals surface area contributed by atoms with E-state index >= 15 is 0 Å². The van der Waals surface area contributed by atoms with Crippen LogP contribution < -0.4 is 16.2 Å². The molecule has 7 nitrogen and oxygen atoms in total. The van der Waals surface area contributed by atoms with Gasteiger partial charge in [0, 0.05) is 0 Å². The number of fused-ring (bicyclic) bond motifs is 1. The predicted molar refractivity (Wildman–Crippen MR) is 44.4 cm³/mol. The standard InChI is InChI=1S/C6H8N6O/c1-13-5-3-4(10-2-9-3)12(8)6(7)11-5/h2,7H,8H2,1H3,(H,9,10). The molecular weight excluding hydrogens is 172 g/mol. The third kappa shape index (κ3) is 0.934. The summed E-state index contributed by atoms with van der Waals surface area (Å²) in [5, 5.41) is 7.38. The average Bonchev–Trinajstić information content (AvgIpc) is 2.60. The minimum absolute atomic E-state index is 0.101. The first-order valence-corrected chi connectivity index (χ1v) is 3.54. The van der Waals surface area contributed by atoms with Gasteiger partial charge in [0.05, 0.1) is 13.4 Å². The lowest BCUT2D eigenvalue weighted by Gasteiger charge is -2.02. The van der Waals surface area contributed by atoms with Gasteiger partial charge >= 0.3 is 0 Å². The Balaban J connectivity index is 2.95. The fraction of sp³-hybridized carbons (Fsp3) is 0.167. The number of hydrogen-bond acceptors (Lipinski definition) is 5. The minimum Gasteiger partial charge on any atom is -0.479 e. The lowest BCUT2D eigenvalue weighted by molar-refractivity contribution is 0.398. The molecule has 2 heterocycles. The molecule has 2 aromatic heterocycles. The SMILES string of the molecule is COc1nc(=N)n(N)c2nc[nH]c12. The van der Waals surface area contributed by atoms with E-state index in [-0.39, 0.29) is 5.62 Å². The summed E-state index contributed by atoms with van der Waals surface area (Å²) in [4.78, 5) is 10.6. The van der Waals surface area contributed by atoms with E-state index < -0.39 is 0 Å². The molecule has 0 amide bonds. The molecule has 13 heavy (non-hydrogen) atoms. The van der Waals surface area contributed by atoms with Crippen molar-refractivity contribution in [2.24, 2.45) is 0 Å². The summed E-state index contributed by atoms with van der Waals surface area (Å²) in [5.41, 5.74) is 0.925. The average molecular weight is 180 g/mol. The van der Waals surface area contributed by atoms with Crippen molar-refractivity contribution >= 4 is 11.2 Å². The molecule has 0 unspecified atom stereocenters. The van der Waals surface area contributed by atoms with Gasteiger partial charge in [-0.1, -0.05) is 0 Å². The van der Waals surface area contributed by atoms with Gasteiger partial charge in [0.25, 0.3) is 0 Å². The fourth-order valence-electron chi connectivity index (χ4n) is 1.08. The second-order valence-corrected chi connectivity index (χ2v) is 2.42. The summed E-state index contributed by atoms with van der Waals surface area (Å²) in [6, 6.07) is 0. The number of nitrogen functional groups attached to an aromatic ring is 1. The van der Waals surface area contributed by atoms with Gasteiger partial charge in [-0.2, -0.15) is 4.98 Å². The van der Waals surface area contributed by atoms with Crippen LogP contribution in [-0.2, 0) is 0 Å². The number of nitrogens with two attached hydrogens (primary N) is 1. The molecule has 0 saturated heterocycles. The van der Waals surface area contributed by atoms with Gasteiger partial charge < -0.3 is 15.6 Å². The summed E-state index contributed by atoms with van der Waals surface area (Å²) in [6.07, 6.45) is 1.47. The van der Waals surface area contributed by atoms with Crippen molar-refractivity contribution in [3.8, 4) is 5.88 Å². The van der Waals surface area contributed by atoms with Crippen molar-refractivity contribution in [3.63, 3.8) is 0 Å². The van der Waals surface area contributed by atoms with Gasteiger partial charge in [0.15, 0.2) is 5.65 Å². The number of methoxy groups -OCH3 is 1. The van der Waals surface area contributed by atoms with Gasteiger partial charge in [-0.3, -0.25) is 5.41 Å². The topological polar surface area (TPSA) is 106 Å². The first-order valence-electron chi connectivity index (χ1n) is 3.54. The molecular formula is C6H8N6O. The molecule has 2 rings (SSSR count). The van der Waals surface area contributed by atoms with Crippen molar-refractivity contribution in [1.82, 2.24) is 19.6 Å². The molecule has 0 aliphatic heterocycles. The summed E-state index contributed by atoms with van der Waals surface area (Å²) in [7, 11) is 1.48. The fourth-order valence-corrected chi connectivity index (χ4v) is 1.08. The second kappa shape index (κ2) is 2.47. The minimum atomic E-state index is -0.101. The van der Waals surface area contributed by atoms with Crippen LogP contribution in [0.3, 0.4) is 0 Å². The lowest BCUT2D eigenvalue weighted by Crippen LogP contribution is -2.30. The van der Waals surface area contributed by atoms with Crippen molar-refractivity contribution in [2.45, 2.75) is 0 Å². The number of H-pyrrole nitrogens is 1. The Kier molecular flexibility index (Phi) is 1.44. The summed E-state index contributed by atoms with van der Waals surface area (Å²) in [6.45, 7) is 0. The lowest BCUT2D eigenvalue weighted by atomic mass is 10.5. The molecule has 68 valence electrons. The monoisotopic (exact) mass is 180 g/mol. The molecule has 4 N–H and O–H groups in total. The van der Waals surface area contributed by atoms with Gasteiger partial charge in [0.1, 0.15) is 5.52 Å². The van der Waals surface area contributed by atoms with E-state index in [0.29, 0.717) is 17.0 Å². The second-order valence-electron chi connectivity index (χ2n) is 2.42. The molecule has 0 saturated carbocycles. The maximum Gasteiger partial charge on any atom is 0.246 e. The van der Waals surface area contributed by atoms with Gasteiger partial charge in [-0.25, -0.2) is 9.66 Å². The highest BCUT2D eigenvalue weighted by Gasteiger charge is 2.08. The van der Waals surface area contributed by atoms with E-state index in [1.807, 2.05) is 0 Å². The Morgan fingerprint density at radius 2 is 2.46 bits per heavy atom. The molecule has 7 heteroatoms. The van der Waals surface area contributed by atoms with E-state index in [0.717, 1.165) is 4.68 Å². The number of hydrogen-bond donors (Lipinski definition) is 3. The summed E-state index contributed by atoms with van der Waals surface area (Å²) >= 11 is 0. The quantitative estimate of drug-likeness (QED) is 0.487. The molecule has 0 aliphatic rings. The van der Waals surface area contributed by atoms with E-state index in [9.17, 15) is 0 Å². The van der Waals surface area contributed by atoms with Crippen molar-refractivity contribution in [1.29, 1.82) is 5.41 Å². The van der Waals surface area contributed by atoms with E-state index in [1.165, 1.54) is 13.4 Å². The van der Waals surface area contributed by atoms with Crippen LogP contribution in [0.5, 0.6) is 5.88 Å². The number of rotatable bonds is 1. The Labute approximate surface area is 72.7 Å². The first kappa shape index (κ1) is 7.59. The third-order valence-electron chi connectivity index (χ3n) is 1.69. The van der Waals surface area contributed by atoms with Crippen LogP contribution in [0.25, 0.3) is 11.2 Å². The van der Waals surface area contributed by atoms with Crippen LogP contribution >= 0.6 is 0 Å². The number of ether oxygens (including phenoxy) is 1. The normalized spacial score (nSPS) is 10.5. The van der Waals surface area contributed by atoms with E-state index in [2.05, 4.69) is 15.0 Å². The Morgan fingerprint density at radius 3 is 3.15 bits per heavy atom. The highest BCUT2D eigenvalue weighted by atomic mass is 16.5. The van der Waals surface area contributed by atoms with Crippen molar-refractivity contribution in [3.05, 3.63) is 11.9 Å². The Hall–Kier alpha value is -2.05. The van der Waals surface area contributed by atoms with E-state index in [4.69, 9.17) is 16.0 Å². The zero-order chi connectivity index (χ0) is 9.42.